The van der Waals surface area contributed by atoms with Crippen LogP contribution in [-0.2, 0) is 0 Å². The molecule has 1 heterocycles. The summed E-state index contributed by atoms with van der Waals surface area (Å²) in [7, 11) is 0. The van der Waals surface area contributed by atoms with E-state index in [9.17, 15) is 8.78 Å². The second-order valence-corrected chi connectivity index (χ2v) is 5.64. The molecule has 2 nitrogen and oxygen atoms in total. The Bertz CT molecular complexity index is 566. The molecule has 2 aromatic rings. The number of rotatable bonds is 4. The third-order valence-electron chi connectivity index (χ3n) is 2.65. The highest BCUT2D eigenvalue weighted by atomic mass is 32.1. The van der Waals surface area contributed by atoms with Crippen LogP contribution in [0.1, 0.15) is 36.2 Å². The highest BCUT2D eigenvalue weighted by Gasteiger charge is 2.22. The number of thiazole rings is 1. The Labute approximate surface area is 115 Å². The Morgan fingerprint density at radius 2 is 2.00 bits per heavy atom. The van der Waals surface area contributed by atoms with Crippen LogP contribution in [0.15, 0.2) is 23.6 Å². The second-order valence-electron chi connectivity index (χ2n) is 4.75. The summed E-state index contributed by atoms with van der Waals surface area (Å²) in [5.74, 6) is -0.868. The Balaban J connectivity index is 2.45. The van der Waals surface area contributed by atoms with Gasteiger partial charge in [0.1, 0.15) is 16.6 Å². The van der Waals surface area contributed by atoms with Crippen LogP contribution in [0.3, 0.4) is 0 Å². The van der Waals surface area contributed by atoms with Crippen molar-refractivity contribution >= 4 is 11.3 Å². The van der Waals surface area contributed by atoms with Crippen molar-refractivity contribution in [3.63, 3.8) is 0 Å². The molecule has 0 bridgehead atoms. The molecule has 102 valence electrons. The summed E-state index contributed by atoms with van der Waals surface area (Å²) in [6, 6.07) is 3.22. The molecule has 0 aliphatic rings. The van der Waals surface area contributed by atoms with E-state index in [2.05, 4.69) is 10.3 Å². The van der Waals surface area contributed by atoms with Gasteiger partial charge in [0.05, 0.1) is 6.04 Å². The monoisotopic (exact) mass is 282 g/mol. The fraction of sp³-hybridized carbons (Fsp3) is 0.357. The van der Waals surface area contributed by atoms with Crippen LogP contribution < -0.4 is 5.32 Å². The van der Waals surface area contributed by atoms with Crippen LogP contribution in [0, 0.1) is 18.6 Å². The maximum Gasteiger partial charge on any atom is 0.128 e. The minimum absolute atomic E-state index is 0.136. The van der Waals surface area contributed by atoms with E-state index >= 15 is 0 Å². The van der Waals surface area contributed by atoms with Gasteiger partial charge in [-0.2, -0.15) is 0 Å². The van der Waals surface area contributed by atoms with Gasteiger partial charge in [-0.15, -0.1) is 11.3 Å². The van der Waals surface area contributed by atoms with Crippen molar-refractivity contribution < 1.29 is 8.78 Å². The zero-order valence-corrected chi connectivity index (χ0v) is 11.9. The third kappa shape index (κ3) is 3.36. The summed E-state index contributed by atoms with van der Waals surface area (Å²) in [6.07, 6.45) is 0. The van der Waals surface area contributed by atoms with Gasteiger partial charge in [-0.25, -0.2) is 13.8 Å². The molecule has 0 amide bonds. The van der Waals surface area contributed by atoms with Crippen molar-refractivity contribution in [3.8, 4) is 0 Å². The lowest BCUT2D eigenvalue weighted by atomic mass is 10.1. The van der Waals surface area contributed by atoms with E-state index in [0.29, 0.717) is 5.56 Å². The van der Waals surface area contributed by atoms with Crippen molar-refractivity contribution in [1.82, 2.24) is 10.3 Å². The molecule has 0 spiro atoms. The van der Waals surface area contributed by atoms with Crippen LogP contribution >= 0.6 is 11.3 Å². The maximum absolute atomic E-state index is 13.9. The zero-order valence-electron chi connectivity index (χ0n) is 11.1. The van der Waals surface area contributed by atoms with Crippen LogP contribution in [0.4, 0.5) is 8.78 Å². The summed E-state index contributed by atoms with van der Waals surface area (Å²) in [5.41, 5.74) is 1.18. The number of hydrogen-bond acceptors (Lipinski definition) is 3. The first-order valence-corrected chi connectivity index (χ1v) is 6.98. The predicted octanol–water partition coefficient (Wildman–Crippen LogP) is 3.82. The smallest absolute Gasteiger partial charge is 0.128 e. The fourth-order valence-electron chi connectivity index (χ4n) is 1.87. The highest BCUT2D eigenvalue weighted by molar-refractivity contribution is 7.09. The van der Waals surface area contributed by atoms with Gasteiger partial charge in [0, 0.05) is 22.7 Å². The average molecular weight is 282 g/mol. The topological polar surface area (TPSA) is 24.9 Å². The molecule has 2 rings (SSSR count). The molecule has 19 heavy (non-hydrogen) atoms. The zero-order chi connectivity index (χ0) is 14.0. The van der Waals surface area contributed by atoms with Crippen molar-refractivity contribution in [2.75, 3.05) is 0 Å². The van der Waals surface area contributed by atoms with Crippen molar-refractivity contribution in [2.24, 2.45) is 0 Å². The molecule has 0 radical (unpaired) electrons. The van der Waals surface area contributed by atoms with E-state index in [4.69, 9.17) is 0 Å². The van der Waals surface area contributed by atoms with Crippen LogP contribution in [0.2, 0.25) is 0 Å². The molecule has 1 unspecified atom stereocenters. The van der Waals surface area contributed by atoms with E-state index in [1.165, 1.54) is 17.4 Å². The molecule has 0 aliphatic heterocycles. The minimum atomic E-state index is -0.444. The quantitative estimate of drug-likeness (QED) is 0.922. The molecular formula is C14H16F2N2S. The molecule has 1 aromatic carbocycles. The van der Waals surface area contributed by atoms with Gasteiger partial charge in [0.2, 0.25) is 0 Å². The van der Waals surface area contributed by atoms with Gasteiger partial charge in [-0.05, 0) is 39.0 Å². The summed E-state index contributed by atoms with van der Waals surface area (Å²) in [4.78, 5) is 4.38. The van der Waals surface area contributed by atoms with E-state index in [-0.39, 0.29) is 6.04 Å². The van der Waals surface area contributed by atoms with Crippen molar-refractivity contribution in [2.45, 2.75) is 32.9 Å². The number of benzene rings is 1. The number of aryl methyl sites for hydroxylation is 1. The largest absolute Gasteiger partial charge is 0.302 e. The predicted molar refractivity (Wildman–Crippen MR) is 73.3 cm³/mol. The van der Waals surface area contributed by atoms with Crippen LogP contribution in [0.5, 0.6) is 0 Å². The van der Waals surface area contributed by atoms with Crippen LogP contribution in [-0.4, -0.2) is 11.0 Å². The maximum atomic E-state index is 13.9. The summed E-state index contributed by atoms with van der Waals surface area (Å²) in [6.45, 7) is 5.81. The van der Waals surface area contributed by atoms with Gasteiger partial charge in [0.15, 0.2) is 0 Å². The third-order valence-corrected chi connectivity index (χ3v) is 3.68. The van der Waals surface area contributed by atoms with E-state index in [0.717, 1.165) is 22.8 Å². The lowest BCUT2D eigenvalue weighted by molar-refractivity contribution is 0.496. The standard InChI is InChI=1S/C14H16F2N2S/c1-8(2)17-13(14-18-9(3)7-19-14)11-6-10(15)4-5-12(11)16/h4-8,13,17H,1-3H3. The molecule has 0 saturated carbocycles. The SMILES string of the molecule is Cc1csc(C(NC(C)C)c2cc(F)ccc2F)n1. The lowest BCUT2D eigenvalue weighted by Gasteiger charge is -2.20. The highest BCUT2D eigenvalue weighted by Crippen LogP contribution is 2.28. The minimum Gasteiger partial charge on any atom is -0.302 e. The first-order valence-electron chi connectivity index (χ1n) is 6.10. The summed E-state index contributed by atoms with van der Waals surface area (Å²) < 4.78 is 27.3. The molecule has 0 saturated heterocycles. The normalized spacial score (nSPS) is 12.9. The number of nitrogens with zero attached hydrogens (tertiary/aromatic N) is 1. The molecule has 1 atom stereocenters. The van der Waals surface area contributed by atoms with Gasteiger partial charge >= 0.3 is 0 Å². The summed E-state index contributed by atoms with van der Waals surface area (Å²) >= 11 is 1.45. The van der Waals surface area contributed by atoms with Crippen molar-refractivity contribution in [1.29, 1.82) is 0 Å². The Morgan fingerprint density at radius 1 is 1.26 bits per heavy atom. The number of nitrogens with one attached hydrogen (secondary N) is 1. The van der Waals surface area contributed by atoms with Gasteiger partial charge in [0.25, 0.3) is 0 Å². The van der Waals surface area contributed by atoms with Gasteiger partial charge < -0.3 is 5.32 Å². The van der Waals surface area contributed by atoms with E-state index in [1.54, 1.807) is 0 Å². The Morgan fingerprint density at radius 3 is 2.58 bits per heavy atom. The Kier molecular flexibility index (Phi) is 4.27. The molecule has 5 heteroatoms. The number of hydrogen-bond donors (Lipinski definition) is 1. The number of halogens is 2. The van der Waals surface area contributed by atoms with Gasteiger partial charge in [-0.3, -0.25) is 0 Å². The number of aromatic nitrogens is 1. The van der Waals surface area contributed by atoms with Crippen LogP contribution in [0.25, 0.3) is 0 Å². The van der Waals surface area contributed by atoms with Crippen molar-refractivity contribution in [3.05, 3.63) is 51.5 Å². The second kappa shape index (κ2) is 5.75. The van der Waals surface area contributed by atoms with Gasteiger partial charge in [-0.1, -0.05) is 0 Å². The molecular weight excluding hydrogens is 266 g/mol. The molecule has 1 N–H and O–H groups in total. The lowest BCUT2D eigenvalue weighted by Crippen LogP contribution is -2.29. The molecule has 1 aromatic heterocycles. The average Bonchev–Trinajstić information content (AvgIpc) is 2.76. The Hall–Kier alpha value is -1.33. The van der Waals surface area contributed by atoms with E-state index < -0.39 is 17.7 Å². The molecule has 0 fully saturated rings. The van der Waals surface area contributed by atoms with E-state index in [1.807, 2.05) is 26.2 Å². The summed E-state index contributed by atoms with van der Waals surface area (Å²) in [5, 5.41) is 5.89. The first-order chi connectivity index (χ1) is 8.97. The molecule has 0 aliphatic carbocycles. The fourth-order valence-corrected chi connectivity index (χ4v) is 2.74. The first kappa shape index (κ1) is 14.1.